The van der Waals surface area contributed by atoms with E-state index < -0.39 is 0 Å². The highest BCUT2D eigenvalue weighted by Crippen LogP contribution is 2.49. The van der Waals surface area contributed by atoms with Gasteiger partial charge in [-0.1, -0.05) is 64.5 Å². The predicted octanol–water partition coefficient (Wildman–Crippen LogP) is 6.73. The number of anilines is 1. The van der Waals surface area contributed by atoms with Crippen LogP contribution in [0.2, 0.25) is 0 Å². The Labute approximate surface area is 169 Å². The van der Waals surface area contributed by atoms with Crippen LogP contribution in [-0.4, -0.2) is 16.9 Å². The van der Waals surface area contributed by atoms with Crippen LogP contribution < -0.4 is 4.90 Å². The third-order valence-corrected chi connectivity index (χ3v) is 7.25. The van der Waals surface area contributed by atoms with E-state index in [2.05, 4.69) is 69.4 Å². The Morgan fingerprint density at radius 3 is 2.70 bits per heavy atom. The molecule has 1 aromatic carbocycles. The average Bonchev–Trinajstić information content (AvgIpc) is 3.03. The van der Waals surface area contributed by atoms with Crippen LogP contribution in [0.15, 0.2) is 71.6 Å². The van der Waals surface area contributed by atoms with E-state index in [0.717, 1.165) is 25.7 Å². The Morgan fingerprint density at radius 1 is 1.04 bits per heavy atom. The molecule has 3 heteroatoms. The zero-order valence-corrected chi connectivity index (χ0v) is 17.0. The highest BCUT2D eigenvalue weighted by atomic mass is 79.9. The van der Waals surface area contributed by atoms with Crippen molar-refractivity contribution in [1.82, 2.24) is 0 Å². The van der Waals surface area contributed by atoms with Crippen LogP contribution in [0.25, 0.3) is 0 Å². The number of para-hydroxylation sites is 1. The first-order valence-corrected chi connectivity index (χ1v) is 11.1. The van der Waals surface area contributed by atoms with Crippen molar-refractivity contribution in [1.29, 1.82) is 0 Å². The van der Waals surface area contributed by atoms with Crippen molar-refractivity contribution < 1.29 is 4.39 Å². The van der Waals surface area contributed by atoms with Crippen molar-refractivity contribution in [3.8, 4) is 0 Å². The molecule has 3 aliphatic carbocycles. The summed E-state index contributed by atoms with van der Waals surface area (Å²) in [7, 11) is 0. The van der Waals surface area contributed by atoms with Gasteiger partial charge in [0.15, 0.2) is 0 Å². The van der Waals surface area contributed by atoms with Crippen LogP contribution >= 0.6 is 15.9 Å². The molecule has 0 spiro atoms. The lowest BCUT2D eigenvalue weighted by Crippen LogP contribution is -2.43. The van der Waals surface area contributed by atoms with Crippen LogP contribution in [-0.2, 0) is 0 Å². The van der Waals surface area contributed by atoms with Crippen LogP contribution in [0.4, 0.5) is 10.1 Å². The van der Waals surface area contributed by atoms with E-state index in [-0.39, 0.29) is 5.83 Å². The summed E-state index contributed by atoms with van der Waals surface area (Å²) < 4.78 is 13.6. The summed E-state index contributed by atoms with van der Waals surface area (Å²) in [5.41, 5.74) is 5.73. The Morgan fingerprint density at radius 2 is 1.93 bits per heavy atom. The van der Waals surface area contributed by atoms with Gasteiger partial charge in [0, 0.05) is 34.9 Å². The summed E-state index contributed by atoms with van der Waals surface area (Å²) in [5.74, 6) is 0.527. The number of halogens is 2. The molecule has 0 saturated heterocycles. The van der Waals surface area contributed by atoms with Crippen molar-refractivity contribution in [3.63, 3.8) is 0 Å². The summed E-state index contributed by atoms with van der Waals surface area (Å²) in [6, 6.07) is 9.82. The number of allylic oxidation sites excluding steroid dienone is 6. The second-order valence-corrected chi connectivity index (χ2v) is 9.32. The van der Waals surface area contributed by atoms with Gasteiger partial charge >= 0.3 is 0 Å². The molecule has 0 aromatic heterocycles. The first-order chi connectivity index (χ1) is 13.2. The SMILES string of the molecule is FC1=CCC(N2c3ccccc3C3C=C(C4=CCC(Br)C=C4)CCC32)CC1. The molecule has 0 amide bonds. The number of hydrogen-bond donors (Lipinski definition) is 0. The fourth-order valence-electron chi connectivity index (χ4n) is 5.27. The van der Waals surface area contributed by atoms with Gasteiger partial charge in [0.1, 0.15) is 0 Å². The molecule has 1 nitrogen and oxygen atoms in total. The van der Waals surface area contributed by atoms with E-state index in [1.54, 1.807) is 0 Å². The summed E-state index contributed by atoms with van der Waals surface area (Å²) >= 11 is 3.67. The molecule has 0 saturated carbocycles. The molecule has 4 aliphatic rings. The van der Waals surface area contributed by atoms with E-state index in [1.807, 2.05) is 6.08 Å². The van der Waals surface area contributed by atoms with Crippen molar-refractivity contribution in [2.45, 2.75) is 61.4 Å². The Hall–Kier alpha value is -1.61. The lowest BCUT2D eigenvalue weighted by Gasteiger charge is -2.39. The number of alkyl halides is 1. The molecule has 140 valence electrons. The standard InChI is InChI=1S/C24H25BrFN/c25-18-8-5-16(6-9-18)17-7-14-24-22(15-17)21-3-1-2-4-23(21)27(24)20-12-10-19(26)11-13-20/h1-6,8,10,15,18,20,22,24H,7,9,11-14H2. The molecule has 5 rings (SSSR count). The van der Waals surface area contributed by atoms with E-state index in [1.165, 1.54) is 28.8 Å². The quantitative estimate of drug-likeness (QED) is 0.474. The van der Waals surface area contributed by atoms with E-state index in [4.69, 9.17) is 0 Å². The number of nitrogens with zero attached hydrogens (tertiary/aromatic N) is 1. The Bertz CT molecular complexity index is 865. The average molecular weight is 426 g/mol. The summed E-state index contributed by atoms with van der Waals surface area (Å²) in [6.07, 6.45) is 17.0. The molecular formula is C24H25BrFN. The highest BCUT2D eigenvalue weighted by Gasteiger charge is 2.42. The fraction of sp³-hybridized carbons (Fsp3) is 0.417. The zero-order valence-electron chi connectivity index (χ0n) is 15.5. The molecule has 0 bridgehead atoms. The maximum Gasteiger partial charge on any atom is 0.0961 e. The monoisotopic (exact) mass is 425 g/mol. The Kier molecular flexibility index (Phi) is 4.59. The largest absolute Gasteiger partial charge is 0.364 e. The number of hydrogen-bond acceptors (Lipinski definition) is 1. The summed E-state index contributed by atoms with van der Waals surface area (Å²) in [6.45, 7) is 0. The van der Waals surface area contributed by atoms with Crippen LogP contribution in [0.5, 0.6) is 0 Å². The van der Waals surface area contributed by atoms with Gasteiger partial charge in [-0.3, -0.25) is 0 Å². The van der Waals surface area contributed by atoms with Gasteiger partial charge in [0.05, 0.1) is 5.83 Å². The van der Waals surface area contributed by atoms with Gasteiger partial charge < -0.3 is 4.90 Å². The van der Waals surface area contributed by atoms with Crippen LogP contribution in [0, 0.1) is 0 Å². The highest BCUT2D eigenvalue weighted by molar-refractivity contribution is 9.09. The van der Waals surface area contributed by atoms with Gasteiger partial charge in [0.2, 0.25) is 0 Å². The number of rotatable bonds is 2. The third-order valence-electron chi connectivity index (χ3n) is 6.58. The van der Waals surface area contributed by atoms with Gasteiger partial charge in [0.25, 0.3) is 0 Å². The van der Waals surface area contributed by atoms with Crippen molar-refractivity contribution in [2.24, 2.45) is 0 Å². The van der Waals surface area contributed by atoms with E-state index in [9.17, 15) is 4.39 Å². The summed E-state index contributed by atoms with van der Waals surface area (Å²) in [5, 5.41) is 0. The van der Waals surface area contributed by atoms with Gasteiger partial charge in [-0.15, -0.1) is 0 Å². The minimum absolute atomic E-state index is 0.0715. The van der Waals surface area contributed by atoms with Gasteiger partial charge in [-0.05, 0) is 54.9 Å². The van der Waals surface area contributed by atoms with Gasteiger partial charge in [-0.25, -0.2) is 4.39 Å². The second-order valence-electron chi connectivity index (χ2n) is 8.14. The topological polar surface area (TPSA) is 3.24 Å². The fourth-order valence-corrected chi connectivity index (χ4v) is 5.61. The van der Waals surface area contributed by atoms with Gasteiger partial charge in [-0.2, -0.15) is 0 Å². The first kappa shape index (κ1) is 17.5. The smallest absolute Gasteiger partial charge is 0.0961 e. The Balaban J connectivity index is 1.49. The molecule has 4 unspecified atom stereocenters. The van der Waals surface area contributed by atoms with Crippen molar-refractivity contribution in [2.75, 3.05) is 4.90 Å². The maximum absolute atomic E-state index is 13.6. The maximum atomic E-state index is 13.6. The van der Waals surface area contributed by atoms with Crippen LogP contribution in [0.3, 0.4) is 0 Å². The van der Waals surface area contributed by atoms with Crippen molar-refractivity contribution in [3.05, 3.63) is 77.2 Å². The molecular weight excluding hydrogens is 401 g/mol. The number of fused-ring (bicyclic) bond motifs is 3. The first-order valence-electron chi connectivity index (χ1n) is 10.2. The molecule has 1 aromatic rings. The van der Waals surface area contributed by atoms with Crippen molar-refractivity contribution >= 4 is 21.6 Å². The minimum atomic E-state index is 0.0715. The lowest BCUT2D eigenvalue weighted by molar-refractivity contribution is 0.419. The minimum Gasteiger partial charge on any atom is -0.364 e. The number of benzene rings is 1. The molecule has 4 atom stereocenters. The molecule has 1 heterocycles. The normalized spacial score (nSPS) is 32.4. The molecule has 27 heavy (non-hydrogen) atoms. The lowest BCUT2D eigenvalue weighted by atomic mass is 9.80. The zero-order chi connectivity index (χ0) is 18.4. The van der Waals surface area contributed by atoms with E-state index in [0.29, 0.717) is 29.2 Å². The van der Waals surface area contributed by atoms with Crippen LogP contribution in [0.1, 0.15) is 50.0 Å². The van der Waals surface area contributed by atoms with E-state index >= 15 is 0 Å². The molecule has 0 fully saturated rings. The predicted molar refractivity (Wildman–Crippen MR) is 114 cm³/mol. The molecule has 1 aliphatic heterocycles. The third kappa shape index (κ3) is 3.14. The second kappa shape index (κ2) is 7.09. The molecule has 0 N–H and O–H groups in total. The summed E-state index contributed by atoms with van der Waals surface area (Å²) in [4.78, 5) is 3.11. The molecule has 0 radical (unpaired) electrons.